The highest BCUT2D eigenvalue weighted by Crippen LogP contribution is 2.19. The van der Waals surface area contributed by atoms with Crippen molar-refractivity contribution in [1.82, 2.24) is 4.90 Å². The van der Waals surface area contributed by atoms with Gasteiger partial charge in [0.1, 0.15) is 0 Å². The minimum atomic E-state index is -0.296. The summed E-state index contributed by atoms with van der Waals surface area (Å²) in [6.45, 7) is 3.24. The highest BCUT2D eigenvalue weighted by atomic mass is 16.5. The van der Waals surface area contributed by atoms with E-state index in [-0.39, 0.29) is 5.97 Å². The van der Waals surface area contributed by atoms with Gasteiger partial charge in [-0.15, -0.1) is 0 Å². The van der Waals surface area contributed by atoms with Gasteiger partial charge in [0.05, 0.1) is 12.7 Å². The Morgan fingerprint density at radius 1 is 1.08 bits per heavy atom. The number of carbonyl (C=O) groups is 1. The molecule has 2 aromatic carbocycles. The molecule has 0 radical (unpaired) electrons. The van der Waals surface area contributed by atoms with Crippen molar-refractivity contribution >= 4 is 11.7 Å². The molecule has 126 valence electrons. The highest BCUT2D eigenvalue weighted by molar-refractivity contribution is 5.89. The summed E-state index contributed by atoms with van der Waals surface area (Å²) in [4.78, 5) is 14.0. The van der Waals surface area contributed by atoms with Gasteiger partial charge >= 0.3 is 5.97 Å². The number of esters is 1. The average Bonchev–Trinajstić information content (AvgIpc) is 2.64. The van der Waals surface area contributed by atoms with Gasteiger partial charge in [0, 0.05) is 31.4 Å². The number of methoxy groups -OCH3 is 1. The van der Waals surface area contributed by atoms with E-state index in [0.29, 0.717) is 11.6 Å². The third-order valence-corrected chi connectivity index (χ3v) is 4.51. The number of nitrogens with zero attached hydrogens (tertiary/aromatic N) is 1. The molecule has 1 heterocycles. The zero-order valence-electron chi connectivity index (χ0n) is 14.1. The number of piperidine rings is 1. The first-order valence-electron chi connectivity index (χ1n) is 8.46. The summed E-state index contributed by atoms with van der Waals surface area (Å²) >= 11 is 0. The van der Waals surface area contributed by atoms with E-state index in [1.165, 1.54) is 12.7 Å². The molecule has 4 heteroatoms. The number of hydrogen-bond donors (Lipinski definition) is 1. The summed E-state index contributed by atoms with van der Waals surface area (Å²) in [5.74, 6) is -0.296. The van der Waals surface area contributed by atoms with Crippen LogP contribution in [0.2, 0.25) is 0 Å². The van der Waals surface area contributed by atoms with Crippen LogP contribution in [0.15, 0.2) is 54.6 Å². The Kier molecular flexibility index (Phi) is 5.49. The molecule has 0 amide bonds. The van der Waals surface area contributed by atoms with Gasteiger partial charge in [0.2, 0.25) is 0 Å². The first-order chi connectivity index (χ1) is 11.7. The quantitative estimate of drug-likeness (QED) is 0.854. The molecule has 0 unspecified atom stereocenters. The minimum absolute atomic E-state index is 0.296. The second-order valence-corrected chi connectivity index (χ2v) is 6.25. The van der Waals surface area contributed by atoms with Crippen LogP contribution in [-0.4, -0.2) is 37.1 Å². The number of ether oxygens (including phenoxy) is 1. The van der Waals surface area contributed by atoms with Crippen LogP contribution >= 0.6 is 0 Å². The SMILES string of the molecule is COC(=O)c1ccc(NC2CCN(Cc3ccccc3)CC2)cc1. The molecule has 0 saturated carbocycles. The molecule has 4 nitrogen and oxygen atoms in total. The first-order valence-corrected chi connectivity index (χ1v) is 8.46. The molecule has 0 aliphatic carbocycles. The van der Waals surface area contributed by atoms with Gasteiger partial charge in [-0.25, -0.2) is 4.79 Å². The zero-order chi connectivity index (χ0) is 16.8. The van der Waals surface area contributed by atoms with Gasteiger partial charge in [-0.2, -0.15) is 0 Å². The Morgan fingerprint density at radius 2 is 1.75 bits per heavy atom. The van der Waals surface area contributed by atoms with Crippen molar-refractivity contribution in [3.63, 3.8) is 0 Å². The fourth-order valence-corrected chi connectivity index (χ4v) is 3.13. The van der Waals surface area contributed by atoms with Crippen molar-refractivity contribution in [3.8, 4) is 0 Å². The molecular formula is C20H24N2O2. The lowest BCUT2D eigenvalue weighted by atomic mass is 10.0. The van der Waals surface area contributed by atoms with Crippen LogP contribution in [0, 0.1) is 0 Å². The molecule has 3 rings (SSSR count). The Balaban J connectivity index is 1.47. The van der Waals surface area contributed by atoms with E-state index in [4.69, 9.17) is 4.74 Å². The second-order valence-electron chi connectivity index (χ2n) is 6.25. The summed E-state index contributed by atoms with van der Waals surface area (Å²) in [5.41, 5.74) is 3.02. The van der Waals surface area contributed by atoms with E-state index in [1.807, 2.05) is 12.1 Å². The van der Waals surface area contributed by atoms with Gasteiger partial charge < -0.3 is 10.1 Å². The number of anilines is 1. The Morgan fingerprint density at radius 3 is 2.38 bits per heavy atom. The summed E-state index contributed by atoms with van der Waals surface area (Å²) in [7, 11) is 1.40. The van der Waals surface area contributed by atoms with Crippen LogP contribution in [-0.2, 0) is 11.3 Å². The molecule has 1 N–H and O–H groups in total. The number of benzene rings is 2. The molecular weight excluding hydrogens is 300 g/mol. The fourth-order valence-electron chi connectivity index (χ4n) is 3.13. The predicted octanol–water partition coefficient (Wildman–Crippen LogP) is 3.55. The molecule has 24 heavy (non-hydrogen) atoms. The topological polar surface area (TPSA) is 41.6 Å². The lowest BCUT2D eigenvalue weighted by Crippen LogP contribution is -2.38. The fraction of sp³-hybridized carbons (Fsp3) is 0.350. The van der Waals surface area contributed by atoms with Gasteiger partial charge in [0.15, 0.2) is 0 Å². The lowest BCUT2D eigenvalue weighted by molar-refractivity contribution is 0.0601. The van der Waals surface area contributed by atoms with Gasteiger partial charge in [-0.3, -0.25) is 4.90 Å². The van der Waals surface area contributed by atoms with Crippen LogP contribution < -0.4 is 5.32 Å². The number of hydrogen-bond acceptors (Lipinski definition) is 4. The summed E-state index contributed by atoms with van der Waals surface area (Å²) in [6.07, 6.45) is 2.26. The maximum atomic E-state index is 11.5. The van der Waals surface area contributed by atoms with Crippen molar-refractivity contribution in [2.75, 3.05) is 25.5 Å². The van der Waals surface area contributed by atoms with E-state index < -0.39 is 0 Å². The lowest BCUT2D eigenvalue weighted by Gasteiger charge is -2.33. The molecule has 2 aromatic rings. The Labute approximate surface area is 143 Å². The summed E-state index contributed by atoms with van der Waals surface area (Å²) in [6, 6.07) is 18.6. The van der Waals surface area contributed by atoms with Crippen molar-refractivity contribution < 1.29 is 9.53 Å². The Hall–Kier alpha value is -2.33. The first kappa shape index (κ1) is 16.5. The minimum Gasteiger partial charge on any atom is -0.465 e. The van der Waals surface area contributed by atoms with Gasteiger partial charge in [-0.05, 0) is 42.7 Å². The molecule has 0 spiro atoms. The van der Waals surface area contributed by atoms with E-state index in [0.717, 1.165) is 38.2 Å². The van der Waals surface area contributed by atoms with Gasteiger partial charge in [-0.1, -0.05) is 30.3 Å². The smallest absolute Gasteiger partial charge is 0.337 e. The third-order valence-electron chi connectivity index (χ3n) is 4.51. The zero-order valence-corrected chi connectivity index (χ0v) is 14.1. The normalized spacial score (nSPS) is 15.9. The highest BCUT2D eigenvalue weighted by Gasteiger charge is 2.19. The molecule has 0 aromatic heterocycles. The predicted molar refractivity (Wildman–Crippen MR) is 96.1 cm³/mol. The van der Waals surface area contributed by atoms with E-state index in [1.54, 1.807) is 12.1 Å². The maximum absolute atomic E-state index is 11.5. The third kappa shape index (κ3) is 4.36. The van der Waals surface area contributed by atoms with Crippen LogP contribution in [0.5, 0.6) is 0 Å². The molecule has 1 aliphatic heterocycles. The van der Waals surface area contributed by atoms with Crippen LogP contribution in [0.25, 0.3) is 0 Å². The number of rotatable bonds is 5. The maximum Gasteiger partial charge on any atom is 0.337 e. The molecule has 1 saturated heterocycles. The van der Waals surface area contributed by atoms with E-state index in [2.05, 4.69) is 40.5 Å². The van der Waals surface area contributed by atoms with Crippen molar-refractivity contribution in [2.45, 2.75) is 25.4 Å². The molecule has 1 fully saturated rings. The van der Waals surface area contributed by atoms with Crippen molar-refractivity contribution in [3.05, 3.63) is 65.7 Å². The number of likely N-dealkylation sites (tertiary alicyclic amines) is 1. The molecule has 1 aliphatic rings. The average molecular weight is 324 g/mol. The van der Waals surface area contributed by atoms with Crippen molar-refractivity contribution in [1.29, 1.82) is 0 Å². The number of carbonyl (C=O) groups excluding carboxylic acids is 1. The Bertz CT molecular complexity index is 647. The summed E-state index contributed by atoms with van der Waals surface area (Å²) < 4.78 is 4.72. The van der Waals surface area contributed by atoms with Crippen LogP contribution in [0.1, 0.15) is 28.8 Å². The van der Waals surface area contributed by atoms with Crippen LogP contribution in [0.3, 0.4) is 0 Å². The standard InChI is InChI=1S/C20H24N2O2/c1-24-20(23)17-7-9-18(10-8-17)21-19-11-13-22(14-12-19)15-16-5-3-2-4-6-16/h2-10,19,21H,11-15H2,1H3. The van der Waals surface area contributed by atoms with Gasteiger partial charge in [0.25, 0.3) is 0 Å². The molecule has 0 bridgehead atoms. The number of nitrogens with one attached hydrogen (secondary N) is 1. The second kappa shape index (κ2) is 7.97. The monoisotopic (exact) mass is 324 g/mol. The van der Waals surface area contributed by atoms with Crippen LogP contribution in [0.4, 0.5) is 5.69 Å². The molecule has 0 atom stereocenters. The van der Waals surface area contributed by atoms with E-state index >= 15 is 0 Å². The summed E-state index contributed by atoms with van der Waals surface area (Å²) in [5, 5.41) is 3.57. The van der Waals surface area contributed by atoms with Crippen molar-refractivity contribution in [2.24, 2.45) is 0 Å². The van der Waals surface area contributed by atoms with E-state index in [9.17, 15) is 4.79 Å². The largest absolute Gasteiger partial charge is 0.465 e.